The maximum absolute atomic E-state index is 13.0. The Kier molecular flexibility index (Phi) is 2.01. The topological polar surface area (TPSA) is 60.6 Å². The van der Waals surface area contributed by atoms with Crippen LogP contribution in [0, 0.1) is 0 Å². The first kappa shape index (κ1) is 10.8. The lowest BCUT2D eigenvalue weighted by Gasteiger charge is -2.04. The van der Waals surface area contributed by atoms with Gasteiger partial charge in [0, 0.05) is 5.39 Å². The summed E-state index contributed by atoms with van der Waals surface area (Å²) in [5.41, 5.74) is 0.634. The van der Waals surface area contributed by atoms with Gasteiger partial charge in [0.2, 0.25) is 0 Å². The molecule has 0 saturated heterocycles. The fourth-order valence-electron chi connectivity index (χ4n) is 1.83. The molecule has 1 aromatic carbocycles. The Morgan fingerprint density at radius 2 is 2.17 bits per heavy atom. The molecule has 1 N–H and O–H groups in total. The van der Waals surface area contributed by atoms with E-state index >= 15 is 0 Å². The summed E-state index contributed by atoms with van der Waals surface area (Å²) >= 11 is 0. The Morgan fingerprint density at radius 1 is 1.39 bits per heavy atom. The van der Waals surface area contributed by atoms with Gasteiger partial charge < -0.3 is 19.2 Å². The van der Waals surface area contributed by atoms with Crippen molar-refractivity contribution in [3.05, 3.63) is 23.9 Å². The van der Waals surface area contributed by atoms with Gasteiger partial charge in [0.05, 0.1) is 12.6 Å². The SMILES string of the molecule is COC(=O)c1cc2c3c(ccc2[nH]1)OC(F)(F)O3. The van der Waals surface area contributed by atoms with Crippen LogP contribution in [0.4, 0.5) is 8.78 Å². The standard InChI is InChI=1S/C11H7F2NO4/c1-16-10(15)7-4-5-6(14-7)2-3-8-9(5)18-11(12,13)17-8/h2-4,14H,1H3. The number of alkyl halides is 2. The molecule has 1 aliphatic rings. The molecular weight excluding hydrogens is 248 g/mol. The first-order valence-corrected chi connectivity index (χ1v) is 5.00. The van der Waals surface area contributed by atoms with Crippen molar-refractivity contribution < 1.29 is 27.8 Å². The third-order valence-electron chi connectivity index (χ3n) is 2.57. The molecule has 18 heavy (non-hydrogen) atoms. The molecule has 3 rings (SSSR count). The molecule has 7 heteroatoms. The van der Waals surface area contributed by atoms with Crippen LogP contribution in [0.15, 0.2) is 18.2 Å². The van der Waals surface area contributed by atoms with E-state index in [1.165, 1.54) is 25.3 Å². The van der Waals surface area contributed by atoms with Crippen LogP contribution in [-0.4, -0.2) is 24.4 Å². The summed E-state index contributed by atoms with van der Waals surface area (Å²) in [6, 6.07) is 4.24. The monoisotopic (exact) mass is 255 g/mol. The van der Waals surface area contributed by atoms with E-state index in [-0.39, 0.29) is 17.2 Å². The molecule has 2 aromatic rings. The summed E-state index contributed by atoms with van der Waals surface area (Å²) in [5.74, 6) is -0.752. The molecule has 0 amide bonds. The van der Waals surface area contributed by atoms with E-state index in [0.29, 0.717) is 10.9 Å². The summed E-state index contributed by atoms with van der Waals surface area (Å²) in [6.07, 6.45) is -3.68. The molecular formula is C11H7F2NO4. The zero-order chi connectivity index (χ0) is 12.9. The van der Waals surface area contributed by atoms with Crippen molar-refractivity contribution >= 4 is 16.9 Å². The molecule has 0 aliphatic carbocycles. The third kappa shape index (κ3) is 1.47. The summed E-state index contributed by atoms with van der Waals surface area (Å²) in [5, 5.41) is 0.338. The number of esters is 1. The van der Waals surface area contributed by atoms with Gasteiger partial charge in [0.1, 0.15) is 5.69 Å². The molecule has 94 valence electrons. The highest BCUT2D eigenvalue weighted by atomic mass is 19.3. The third-order valence-corrected chi connectivity index (χ3v) is 2.57. The molecule has 0 radical (unpaired) electrons. The number of H-pyrrole nitrogens is 1. The highest BCUT2D eigenvalue weighted by Gasteiger charge is 2.44. The fourth-order valence-corrected chi connectivity index (χ4v) is 1.83. The minimum Gasteiger partial charge on any atom is -0.464 e. The number of methoxy groups -OCH3 is 1. The number of fused-ring (bicyclic) bond motifs is 3. The zero-order valence-corrected chi connectivity index (χ0v) is 9.12. The Balaban J connectivity index is 2.17. The maximum Gasteiger partial charge on any atom is 0.586 e. The Hall–Kier alpha value is -2.31. The highest BCUT2D eigenvalue weighted by molar-refractivity contribution is 5.98. The van der Waals surface area contributed by atoms with E-state index < -0.39 is 12.3 Å². The molecule has 2 heterocycles. The van der Waals surface area contributed by atoms with E-state index in [2.05, 4.69) is 19.2 Å². The number of hydrogen-bond donors (Lipinski definition) is 1. The molecule has 0 bridgehead atoms. The second kappa shape index (κ2) is 3.34. The van der Waals surface area contributed by atoms with Crippen LogP contribution in [0.5, 0.6) is 11.5 Å². The molecule has 0 spiro atoms. The number of ether oxygens (including phenoxy) is 3. The number of rotatable bonds is 1. The van der Waals surface area contributed by atoms with Crippen molar-refractivity contribution in [1.82, 2.24) is 4.98 Å². The van der Waals surface area contributed by atoms with Gasteiger partial charge >= 0.3 is 12.3 Å². The molecule has 0 fully saturated rings. The first-order chi connectivity index (χ1) is 8.50. The largest absolute Gasteiger partial charge is 0.586 e. The summed E-state index contributed by atoms with van der Waals surface area (Å²) in [7, 11) is 1.23. The summed E-state index contributed by atoms with van der Waals surface area (Å²) in [4.78, 5) is 14.1. The van der Waals surface area contributed by atoms with E-state index in [9.17, 15) is 13.6 Å². The molecule has 0 atom stereocenters. The number of carbonyl (C=O) groups is 1. The van der Waals surface area contributed by atoms with Gasteiger partial charge in [0.15, 0.2) is 11.5 Å². The van der Waals surface area contributed by atoms with Crippen LogP contribution in [-0.2, 0) is 4.74 Å². The van der Waals surface area contributed by atoms with Gasteiger partial charge in [-0.3, -0.25) is 0 Å². The minimum absolute atomic E-state index is 0.0667. The van der Waals surface area contributed by atoms with E-state index in [1.54, 1.807) is 0 Å². The predicted molar refractivity (Wildman–Crippen MR) is 55.8 cm³/mol. The highest BCUT2D eigenvalue weighted by Crippen LogP contribution is 2.45. The second-order valence-electron chi connectivity index (χ2n) is 3.70. The second-order valence-corrected chi connectivity index (χ2v) is 3.70. The van der Waals surface area contributed by atoms with Crippen molar-refractivity contribution in [2.45, 2.75) is 6.29 Å². The van der Waals surface area contributed by atoms with Gasteiger partial charge in [-0.25, -0.2) is 4.79 Å². The van der Waals surface area contributed by atoms with Crippen LogP contribution in [0.2, 0.25) is 0 Å². The van der Waals surface area contributed by atoms with Gasteiger partial charge in [-0.05, 0) is 18.2 Å². The lowest BCUT2D eigenvalue weighted by molar-refractivity contribution is -0.286. The average molecular weight is 255 g/mol. The fraction of sp³-hybridized carbons (Fsp3) is 0.182. The predicted octanol–water partition coefficient (Wildman–Crippen LogP) is 2.28. The van der Waals surface area contributed by atoms with Crippen molar-refractivity contribution in [3.8, 4) is 11.5 Å². The number of carbonyl (C=O) groups excluding carboxylic acids is 1. The van der Waals surface area contributed by atoms with Crippen molar-refractivity contribution in [1.29, 1.82) is 0 Å². The van der Waals surface area contributed by atoms with Gasteiger partial charge in [0.25, 0.3) is 0 Å². The number of halogens is 2. The van der Waals surface area contributed by atoms with Crippen molar-refractivity contribution in [2.24, 2.45) is 0 Å². The van der Waals surface area contributed by atoms with Gasteiger partial charge in [-0.1, -0.05) is 0 Å². The quantitative estimate of drug-likeness (QED) is 0.794. The van der Waals surface area contributed by atoms with Gasteiger partial charge in [-0.2, -0.15) is 0 Å². The number of aromatic nitrogens is 1. The van der Waals surface area contributed by atoms with Crippen LogP contribution in [0.1, 0.15) is 10.5 Å². The summed E-state index contributed by atoms with van der Waals surface area (Å²) < 4.78 is 39.2. The maximum atomic E-state index is 13.0. The van der Waals surface area contributed by atoms with Crippen LogP contribution >= 0.6 is 0 Å². The van der Waals surface area contributed by atoms with E-state index in [4.69, 9.17) is 0 Å². The number of aromatic amines is 1. The zero-order valence-electron chi connectivity index (χ0n) is 9.12. The smallest absolute Gasteiger partial charge is 0.464 e. The molecule has 1 aromatic heterocycles. The molecule has 0 saturated carbocycles. The molecule has 0 unspecified atom stereocenters. The normalized spacial score (nSPS) is 15.9. The van der Waals surface area contributed by atoms with Crippen molar-refractivity contribution in [2.75, 3.05) is 7.11 Å². The number of hydrogen-bond acceptors (Lipinski definition) is 4. The average Bonchev–Trinajstić information content (AvgIpc) is 2.86. The number of benzene rings is 1. The van der Waals surface area contributed by atoms with Crippen LogP contribution < -0.4 is 9.47 Å². The lowest BCUT2D eigenvalue weighted by atomic mass is 10.2. The Labute approximate surface area is 99.2 Å². The minimum atomic E-state index is -3.68. The van der Waals surface area contributed by atoms with E-state index in [0.717, 1.165) is 0 Å². The van der Waals surface area contributed by atoms with Gasteiger partial charge in [-0.15, -0.1) is 8.78 Å². The van der Waals surface area contributed by atoms with Crippen LogP contribution in [0.25, 0.3) is 10.9 Å². The molecule has 1 aliphatic heterocycles. The molecule has 5 nitrogen and oxygen atoms in total. The van der Waals surface area contributed by atoms with Crippen LogP contribution in [0.3, 0.4) is 0 Å². The first-order valence-electron chi connectivity index (χ1n) is 5.00. The van der Waals surface area contributed by atoms with E-state index in [1.807, 2.05) is 0 Å². The summed E-state index contributed by atoms with van der Waals surface area (Å²) in [6.45, 7) is 0. The Bertz CT molecular complexity index is 650. The van der Waals surface area contributed by atoms with Crippen molar-refractivity contribution in [3.63, 3.8) is 0 Å². The lowest BCUT2D eigenvalue weighted by Crippen LogP contribution is -2.25. The number of nitrogens with one attached hydrogen (secondary N) is 1. The Morgan fingerprint density at radius 3 is 2.89 bits per heavy atom.